The summed E-state index contributed by atoms with van der Waals surface area (Å²) in [5.74, 6) is 0.354. The van der Waals surface area contributed by atoms with Crippen LogP contribution in [0.3, 0.4) is 0 Å². The molecule has 22 heavy (non-hydrogen) atoms. The van der Waals surface area contributed by atoms with Gasteiger partial charge in [0.25, 0.3) is 0 Å². The first-order valence-corrected chi connectivity index (χ1v) is 7.28. The van der Waals surface area contributed by atoms with Crippen molar-refractivity contribution < 1.29 is 13.7 Å². The molecule has 0 saturated carbocycles. The van der Waals surface area contributed by atoms with E-state index in [9.17, 15) is 9.18 Å². The first kappa shape index (κ1) is 16.2. The van der Waals surface area contributed by atoms with Crippen LogP contribution in [0.2, 0.25) is 0 Å². The van der Waals surface area contributed by atoms with Crippen molar-refractivity contribution in [3.05, 3.63) is 47.5 Å². The van der Waals surface area contributed by atoms with Gasteiger partial charge in [0.05, 0.1) is 0 Å². The van der Waals surface area contributed by atoms with Gasteiger partial charge < -0.3 is 9.84 Å². The number of carbonyl (C=O) groups excluding carboxylic acids is 1. The van der Waals surface area contributed by atoms with E-state index in [0.29, 0.717) is 18.0 Å². The van der Waals surface area contributed by atoms with Gasteiger partial charge in [0, 0.05) is 17.4 Å². The van der Waals surface area contributed by atoms with Crippen LogP contribution in [0.1, 0.15) is 39.0 Å². The van der Waals surface area contributed by atoms with E-state index < -0.39 is 0 Å². The summed E-state index contributed by atoms with van der Waals surface area (Å²) in [4.78, 5) is 12.2. The average molecular weight is 304 g/mol. The normalized spacial score (nSPS) is 13.0. The summed E-state index contributed by atoms with van der Waals surface area (Å²) in [5, 5.41) is 6.59. The number of rotatable bonds is 4. The van der Waals surface area contributed by atoms with Crippen LogP contribution in [0.25, 0.3) is 0 Å². The molecular weight excluding hydrogens is 283 g/mol. The van der Waals surface area contributed by atoms with E-state index in [0.717, 1.165) is 5.56 Å². The summed E-state index contributed by atoms with van der Waals surface area (Å²) in [6.07, 6.45) is 0.466. The molecule has 1 N–H and O–H groups in total. The minimum Gasteiger partial charge on any atom is -0.359 e. The Kier molecular flexibility index (Phi) is 4.64. The maximum Gasteiger partial charge on any atom is 0.228 e. The molecule has 0 radical (unpaired) electrons. The van der Waals surface area contributed by atoms with Crippen molar-refractivity contribution in [1.29, 1.82) is 0 Å². The fourth-order valence-corrected chi connectivity index (χ4v) is 2.05. The number of nitrogens with one attached hydrogen (secondary N) is 1. The zero-order valence-corrected chi connectivity index (χ0v) is 13.3. The zero-order chi connectivity index (χ0) is 16.3. The number of amides is 1. The lowest BCUT2D eigenvalue weighted by atomic mass is 9.93. The molecule has 1 heterocycles. The molecule has 1 aromatic heterocycles. The van der Waals surface area contributed by atoms with Gasteiger partial charge in [-0.15, -0.1) is 0 Å². The predicted octanol–water partition coefficient (Wildman–Crippen LogP) is 3.93. The highest BCUT2D eigenvalue weighted by Crippen LogP contribution is 2.24. The monoisotopic (exact) mass is 304 g/mol. The number of hydrogen-bond acceptors (Lipinski definition) is 3. The van der Waals surface area contributed by atoms with Crippen molar-refractivity contribution in [3.63, 3.8) is 0 Å². The highest BCUT2D eigenvalue weighted by atomic mass is 19.1. The lowest BCUT2D eigenvalue weighted by Gasteiger charge is -2.12. The molecule has 2 rings (SSSR count). The zero-order valence-electron chi connectivity index (χ0n) is 13.3. The Morgan fingerprint density at radius 2 is 2.09 bits per heavy atom. The third-order valence-corrected chi connectivity index (χ3v) is 3.38. The smallest absolute Gasteiger partial charge is 0.228 e. The Hall–Kier alpha value is -2.17. The van der Waals surface area contributed by atoms with Crippen molar-refractivity contribution in [2.24, 2.45) is 5.92 Å². The van der Waals surface area contributed by atoms with Gasteiger partial charge in [-0.1, -0.05) is 45.0 Å². The Morgan fingerprint density at radius 3 is 2.68 bits per heavy atom. The standard InChI is InChI=1S/C17H21FN2O2/c1-11(8-12-6-5-7-13(18)9-12)16(21)19-15-10-14(22-20-15)17(2,3)4/h5-7,9-11H,8H2,1-4H3,(H,19,20,21). The molecule has 5 heteroatoms. The molecule has 2 aromatic rings. The summed E-state index contributed by atoms with van der Waals surface area (Å²) in [6.45, 7) is 7.81. The van der Waals surface area contributed by atoms with E-state index in [2.05, 4.69) is 10.5 Å². The highest BCUT2D eigenvalue weighted by molar-refractivity contribution is 5.91. The number of benzene rings is 1. The van der Waals surface area contributed by atoms with E-state index in [-0.39, 0.29) is 23.1 Å². The molecule has 0 aliphatic rings. The number of aromatic nitrogens is 1. The molecule has 0 spiro atoms. The van der Waals surface area contributed by atoms with Crippen molar-refractivity contribution in [1.82, 2.24) is 5.16 Å². The SMILES string of the molecule is CC(Cc1cccc(F)c1)C(=O)Nc1cc(C(C)(C)C)on1. The molecular formula is C17H21FN2O2. The molecule has 0 aliphatic heterocycles. The molecule has 1 atom stereocenters. The summed E-state index contributed by atoms with van der Waals surface area (Å²) in [6, 6.07) is 8.01. The number of carbonyl (C=O) groups is 1. The Labute approximate surface area is 129 Å². The van der Waals surface area contributed by atoms with Gasteiger partial charge in [-0.25, -0.2) is 4.39 Å². The molecule has 0 bridgehead atoms. The van der Waals surface area contributed by atoms with E-state index in [1.807, 2.05) is 20.8 Å². The predicted molar refractivity (Wildman–Crippen MR) is 83.1 cm³/mol. The average Bonchev–Trinajstić information content (AvgIpc) is 2.87. The molecule has 1 amide bonds. The van der Waals surface area contributed by atoms with Crippen LogP contribution in [0.15, 0.2) is 34.9 Å². The molecule has 1 unspecified atom stereocenters. The first-order chi connectivity index (χ1) is 10.3. The summed E-state index contributed by atoms with van der Waals surface area (Å²) >= 11 is 0. The maximum atomic E-state index is 13.2. The van der Waals surface area contributed by atoms with Gasteiger partial charge in [0.15, 0.2) is 5.82 Å². The second-order valence-corrected chi connectivity index (χ2v) is 6.55. The molecule has 1 aromatic carbocycles. The lowest BCUT2D eigenvalue weighted by molar-refractivity contribution is -0.119. The van der Waals surface area contributed by atoms with Crippen molar-refractivity contribution in [2.45, 2.75) is 39.5 Å². The second-order valence-electron chi connectivity index (χ2n) is 6.55. The molecule has 0 fully saturated rings. The number of halogens is 1. The lowest BCUT2D eigenvalue weighted by Crippen LogP contribution is -2.22. The van der Waals surface area contributed by atoms with Crippen molar-refractivity contribution >= 4 is 11.7 Å². The number of anilines is 1. The van der Waals surface area contributed by atoms with Gasteiger partial charge in [0.2, 0.25) is 5.91 Å². The third-order valence-electron chi connectivity index (χ3n) is 3.38. The van der Waals surface area contributed by atoms with Gasteiger partial charge in [-0.2, -0.15) is 0 Å². The summed E-state index contributed by atoms with van der Waals surface area (Å²) in [7, 11) is 0. The van der Waals surface area contributed by atoms with Crippen LogP contribution in [0.5, 0.6) is 0 Å². The van der Waals surface area contributed by atoms with Crippen LogP contribution in [-0.4, -0.2) is 11.1 Å². The first-order valence-electron chi connectivity index (χ1n) is 7.28. The van der Waals surface area contributed by atoms with Gasteiger partial charge in [0.1, 0.15) is 11.6 Å². The van der Waals surface area contributed by atoms with Crippen molar-refractivity contribution in [2.75, 3.05) is 5.32 Å². The second kappa shape index (κ2) is 6.30. The van der Waals surface area contributed by atoms with Crippen molar-refractivity contribution in [3.8, 4) is 0 Å². The Morgan fingerprint density at radius 1 is 1.36 bits per heavy atom. The van der Waals surface area contributed by atoms with Crippen LogP contribution in [0.4, 0.5) is 10.2 Å². The maximum absolute atomic E-state index is 13.2. The molecule has 4 nitrogen and oxygen atoms in total. The van der Waals surface area contributed by atoms with Crippen LogP contribution >= 0.6 is 0 Å². The molecule has 118 valence electrons. The topological polar surface area (TPSA) is 55.1 Å². The molecule has 0 saturated heterocycles. The number of hydrogen-bond donors (Lipinski definition) is 1. The Balaban J connectivity index is 1.98. The van der Waals surface area contributed by atoms with Gasteiger partial charge in [-0.05, 0) is 24.1 Å². The fraction of sp³-hybridized carbons (Fsp3) is 0.412. The van der Waals surface area contributed by atoms with E-state index in [1.54, 1.807) is 25.1 Å². The summed E-state index contributed by atoms with van der Waals surface area (Å²) in [5.41, 5.74) is 0.626. The van der Waals surface area contributed by atoms with Crippen LogP contribution in [0, 0.1) is 11.7 Å². The Bertz CT molecular complexity index is 659. The van der Waals surface area contributed by atoms with Crippen LogP contribution < -0.4 is 5.32 Å². The molecule has 0 aliphatic carbocycles. The van der Waals surface area contributed by atoms with E-state index in [4.69, 9.17) is 4.52 Å². The van der Waals surface area contributed by atoms with E-state index in [1.165, 1.54) is 12.1 Å². The quantitative estimate of drug-likeness (QED) is 0.931. The van der Waals surface area contributed by atoms with Gasteiger partial charge in [-0.3, -0.25) is 4.79 Å². The van der Waals surface area contributed by atoms with Crippen LogP contribution in [-0.2, 0) is 16.6 Å². The third kappa shape index (κ3) is 4.16. The fourth-order valence-electron chi connectivity index (χ4n) is 2.05. The largest absolute Gasteiger partial charge is 0.359 e. The summed E-state index contributed by atoms with van der Waals surface area (Å²) < 4.78 is 18.4. The minimum absolute atomic E-state index is 0.164. The van der Waals surface area contributed by atoms with Gasteiger partial charge >= 0.3 is 0 Å². The minimum atomic E-state index is -0.295. The van der Waals surface area contributed by atoms with E-state index >= 15 is 0 Å². The highest BCUT2D eigenvalue weighted by Gasteiger charge is 2.21. The number of nitrogens with zero attached hydrogens (tertiary/aromatic N) is 1.